The van der Waals surface area contributed by atoms with E-state index in [4.69, 9.17) is 21.7 Å². The molecule has 0 aliphatic carbocycles. The van der Waals surface area contributed by atoms with Gasteiger partial charge in [0, 0.05) is 12.1 Å². The molecular formula is C18H21N3O2S. The fraction of sp³-hybridized carbons (Fsp3) is 0.222. The third-order valence-corrected chi connectivity index (χ3v) is 3.66. The van der Waals surface area contributed by atoms with Crippen LogP contribution in [-0.4, -0.2) is 25.0 Å². The fourth-order valence-electron chi connectivity index (χ4n) is 2.08. The minimum absolute atomic E-state index is 0.471. The molecule has 0 atom stereocenters. The van der Waals surface area contributed by atoms with Gasteiger partial charge < -0.3 is 14.8 Å². The Balaban J connectivity index is 1.94. The molecule has 2 aromatic rings. The normalized spacial score (nSPS) is 10.9. The first-order valence-corrected chi connectivity index (χ1v) is 7.89. The Morgan fingerprint density at radius 2 is 1.75 bits per heavy atom. The Kier molecular flexibility index (Phi) is 6.57. The van der Waals surface area contributed by atoms with Crippen LogP contribution in [0, 0.1) is 0 Å². The monoisotopic (exact) mass is 343 g/mol. The van der Waals surface area contributed by atoms with E-state index in [0.717, 1.165) is 16.8 Å². The van der Waals surface area contributed by atoms with Crippen LogP contribution < -0.4 is 20.2 Å². The summed E-state index contributed by atoms with van der Waals surface area (Å²) in [6.45, 7) is 2.55. The van der Waals surface area contributed by atoms with Crippen molar-refractivity contribution in [2.45, 2.75) is 13.5 Å². The SMILES string of the molecule is COc1ccc(C(C)=NNC(=S)NCc2ccccc2)cc1OC. The first-order chi connectivity index (χ1) is 11.6. The summed E-state index contributed by atoms with van der Waals surface area (Å²) >= 11 is 5.24. The highest BCUT2D eigenvalue weighted by Gasteiger charge is 2.06. The van der Waals surface area contributed by atoms with Gasteiger partial charge in [-0.15, -0.1) is 0 Å². The van der Waals surface area contributed by atoms with E-state index in [1.807, 2.05) is 55.5 Å². The highest BCUT2D eigenvalue weighted by atomic mass is 32.1. The number of thiocarbonyl (C=S) groups is 1. The van der Waals surface area contributed by atoms with Crippen LogP contribution in [0.4, 0.5) is 0 Å². The second kappa shape index (κ2) is 8.88. The van der Waals surface area contributed by atoms with Crippen molar-refractivity contribution >= 4 is 23.0 Å². The van der Waals surface area contributed by atoms with E-state index in [0.29, 0.717) is 23.2 Å². The highest BCUT2D eigenvalue weighted by molar-refractivity contribution is 7.80. The first-order valence-electron chi connectivity index (χ1n) is 7.48. The van der Waals surface area contributed by atoms with Crippen LogP contribution in [0.1, 0.15) is 18.1 Å². The summed E-state index contributed by atoms with van der Waals surface area (Å²) in [5.41, 5.74) is 5.72. The van der Waals surface area contributed by atoms with Crippen molar-refractivity contribution < 1.29 is 9.47 Å². The lowest BCUT2D eigenvalue weighted by atomic mass is 10.1. The summed E-state index contributed by atoms with van der Waals surface area (Å²) in [4.78, 5) is 0. The molecule has 0 fully saturated rings. The van der Waals surface area contributed by atoms with Crippen molar-refractivity contribution in [3.05, 3.63) is 59.7 Å². The van der Waals surface area contributed by atoms with Crippen molar-refractivity contribution in [3.63, 3.8) is 0 Å². The van der Waals surface area contributed by atoms with Crippen molar-refractivity contribution in [3.8, 4) is 11.5 Å². The molecule has 2 rings (SSSR count). The lowest BCUT2D eigenvalue weighted by Gasteiger charge is -2.10. The topological polar surface area (TPSA) is 54.9 Å². The van der Waals surface area contributed by atoms with Crippen molar-refractivity contribution in [2.24, 2.45) is 5.10 Å². The van der Waals surface area contributed by atoms with Gasteiger partial charge in [-0.05, 0) is 42.9 Å². The maximum absolute atomic E-state index is 5.30. The van der Waals surface area contributed by atoms with Crippen LogP contribution in [0.3, 0.4) is 0 Å². The van der Waals surface area contributed by atoms with Gasteiger partial charge in [0.2, 0.25) is 0 Å². The Morgan fingerprint density at radius 3 is 2.42 bits per heavy atom. The molecule has 0 amide bonds. The van der Waals surface area contributed by atoms with E-state index in [9.17, 15) is 0 Å². The number of hydrazone groups is 1. The lowest BCUT2D eigenvalue weighted by Crippen LogP contribution is -2.32. The standard InChI is InChI=1S/C18H21N3O2S/c1-13(15-9-10-16(22-2)17(11-15)23-3)20-21-18(24)19-12-14-7-5-4-6-8-14/h4-11H,12H2,1-3H3,(H2,19,21,24). The van der Waals surface area contributed by atoms with Gasteiger partial charge in [0.25, 0.3) is 0 Å². The molecule has 0 aliphatic rings. The molecule has 0 saturated carbocycles. The third kappa shape index (κ3) is 4.96. The molecule has 0 aromatic heterocycles. The van der Waals surface area contributed by atoms with Crippen LogP contribution in [0.25, 0.3) is 0 Å². The maximum atomic E-state index is 5.30. The van der Waals surface area contributed by atoms with Crippen LogP contribution in [0.2, 0.25) is 0 Å². The maximum Gasteiger partial charge on any atom is 0.187 e. The van der Waals surface area contributed by atoms with E-state index in [-0.39, 0.29) is 0 Å². The summed E-state index contributed by atoms with van der Waals surface area (Å²) in [6.07, 6.45) is 0. The quantitative estimate of drug-likeness (QED) is 0.480. The van der Waals surface area contributed by atoms with E-state index in [1.54, 1.807) is 14.2 Å². The van der Waals surface area contributed by atoms with Crippen molar-refractivity contribution in [1.82, 2.24) is 10.7 Å². The Bertz CT molecular complexity index is 717. The number of hydrogen-bond acceptors (Lipinski definition) is 4. The van der Waals surface area contributed by atoms with E-state index >= 15 is 0 Å². The zero-order valence-corrected chi connectivity index (χ0v) is 14.8. The van der Waals surface area contributed by atoms with Crippen LogP contribution in [0.15, 0.2) is 53.6 Å². The van der Waals surface area contributed by atoms with Gasteiger partial charge in [0.1, 0.15) is 0 Å². The van der Waals surface area contributed by atoms with Gasteiger partial charge in [0.05, 0.1) is 19.9 Å². The number of hydrogen-bond donors (Lipinski definition) is 2. The number of rotatable bonds is 6. The average Bonchev–Trinajstić information content (AvgIpc) is 2.64. The van der Waals surface area contributed by atoms with Gasteiger partial charge in [0.15, 0.2) is 16.6 Å². The average molecular weight is 343 g/mol. The van der Waals surface area contributed by atoms with Gasteiger partial charge >= 0.3 is 0 Å². The Morgan fingerprint density at radius 1 is 1.04 bits per heavy atom. The molecule has 2 N–H and O–H groups in total. The third-order valence-electron chi connectivity index (χ3n) is 3.42. The summed E-state index contributed by atoms with van der Waals surface area (Å²) < 4.78 is 10.5. The van der Waals surface area contributed by atoms with E-state index in [2.05, 4.69) is 15.8 Å². The summed E-state index contributed by atoms with van der Waals surface area (Å²) in [7, 11) is 3.21. The minimum Gasteiger partial charge on any atom is -0.493 e. The van der Waals surface area contributed by atoms with Crippen LogP contribution >= 0.6 is 12.2 Å². The van der Waals surface area contributed by atoms with E-state index < -0.39 is 0 Å². The first kappa shape index (κ1) is 17.7. The number of nitrogens with zero attached hydrogens (tertiary/aromatic N) is 1. The second-order valence-corrected chi connectivity index (χ2v) is 5.46. The number of ether oxygens (including phenoxy) is 2. The zero-order valence-electron chi connectivity index (χ0n) is 14.0. The molecule has 0 spiro atoms. The molecule has 0 radical (unpaired) electrons. The largest absolute Gasteiger partial charge is 0.493 e. The van der Waals surface area contributed by atoms with Gasteiger partial charge in [-0.25, -0.2) is 0 Å². The smallest absolute Gasteiger partial charge is 0.187 e. The van der Waals surface area contributed by atoms with Gasteiger partial charge in [-0.3, -0.25) is 5.43 Å². The molecule has 6 heteroatoms. The lowest BCUT2D eigenvalue weighted by molar-refractivity contribution is 0.355. The second-order valence-electron chi connectivity index (χ2n) is 5.05. The van der Waals surface area contributed by atoms with Crippen molar-refractivity contribution in [1.29, 1.82) is 0 Å². The van der Waals surface area contributed by atoms with Gasteiger partial charge in [-0.1, -0.05) is 30.3 Å². The summed E-state index contributed by atoms with van der Waals surface area (Å²) in [6, 6.07) is 15.7. The van der Waals surface area contributed by atoms with E-state index in [1.165, 1.54) is 0 Å². The number of nitrogens with one attached hydrogen (secondary N) is 2. The van der Waals surface area contributed by atoms with Crippen LogP contribution in [-0.2, 0) is 6.54 Å². The van der Waals surface area contributed by atoms with Gasteiger partial charge in [-0.2, -0.15) is 5.10 Å². The Labute approximate surface area is 147 Å². The van der Waals surface area contributed by atoms with Crippen molar-refractivity contribution in [2.75, 3.05) is 14.2 Å². The molecule has 24 heavy (non-hydrogen) atoms. The van der Waals surface area contributed by atoms with Crippen LogP contribution in [0.5, 0.6) is 11.5 Å². The number of benzene rings is 2. The molecule has 0 heterocycles. The predicted molar refractivity (Wildman–Crippen MR) is 101 cm³/mol. The Hall–Kier alpha value is -2.60. The zero-order chi connectivity index (χ0) is 17.4. The molecule has 0 saturated heterocycles. The molecular weight excluding hydrogens is 322 g/mol. The molecule has 0 aliphatic heterocycles. The fourth-order valence-corrected chi connectivity index (χ4v) is 2.20. The summed E-state index contributed by atoms with van der Waals surface area (Å²) in [5, 5.41) is 7.89. The minimum atomic E-state index is 0.471. The molecule has 126 valence electrons. The summed E-state index contributed by atoms with van der Waals surface area (Å²) in [5.74, 6) is 1.34. The highest BCUT2D eigenvalue weighted by Crippen LogP contribution is 2.27. The molecule has 0 bridgehead atoms. The molecule has 0 unspecified atom stereocenters. The number of methoxy groups -OCH3 is 2. The molecule has 2 aromatic carbocycles. The molecule has 5 nitrogen and oxygen atoms in total. The predicted octanol–water partition coefficient (Wildman–Crippen LogP) is 3.09.